The zero-order chi connectivity index (χ0) is 13.1. The summed E-state index contributed by atoms with van der Waals surface area (Å²) in [5.74, 6) is -0.955. The number of rotatable bonds is 2. The Balaban J connectivity index is 2.32. The molecule has 4 nitrogen and oxygen atoms in total. The number of nitrogens with zero attached hydrogens (tertiary/aromatic N) is 2. The molecule has 1 aromatic rings. The SMILES string of the molecule is N#Cc1ccc(N2CCCCC2C(N)=O)cc1F. The van der Waals surface area contributed by atoms with Crippen molar-refractivity contribution < 1.29 is 9.18 Å². The molecule has 18 heavy (non-hydrogen) atoms. The van der Waals surface area contributed by atoms with Crippen molar-refractivity contribution in [3.8, 4) is 6.07 Å². The summed E-state index contributed by atoms with van der Waals surface area (Å²) in [6.45, 7) is 0.680. The minimum atomic E-state index is -0.566. The van der Waals surface area contributed by atoms with Gasteiger partial charge in [0.2, 0.25) is 5.91 Å². The van der Waals surface area contributed by atoms with E-state index in [9.17, 15) is 9.18 Å². The molecule has 1 atom stereocenters. The molecule has 1 heterocycles. The third kappa shape index (κ3) is 2.28. The highest BCUT2D eigenvalue weighted by Gasteiger charge is 2.27. The number of anilines is 1. The van der Waals surface area contributed by atoms with Gasteiger partial charge in [-0.25, -0.2) is 4.39 Å². The van der Waals surface area contributed by atoms with Gasteiger partial charge in [0.25, 0.3) is 0 Å². The summed E-state index contributed by atoms with van der Waals surface area (Å²) in [4.78, 5) is 13.2. The maximum absolute atomic E-state index is 13.6. The molecular weight excluding hydrogens is 233 g/mol. The molecular formula is C13H14FN3O. The highest BCUT2D eigenvalue weighted by atomic mass is 19.1. The summed E-state index contributed by atoms with van der Waals surface area (Å²) in [5, 5.41) is 8.68. The van der Waals surface area contributed by atoms with Gasteiger partial charge in [-0.3, -0.25) is 4.79 Å². The molecule has 0 radical (unpaired) electrons. The van der Waals surface area contributed by atoms with E-state index >= 15 is 0 Å². The molecule has 2 rings (SSSR count). The minimum Gasteiger partial charge on any atom is -0.368 e. The molecule has 1 unspecified atom stereocenters. The zero-order valence-corrected chi connectivity index (χ0v) is 9.90. The predicted molar refractivity (Wildman–Crippen MR) is 65.3 cm³/mol. The number of nitrogens with two attached hydrogens (primary N) is 1. The van der Waals surface area contributed by atoms with Crippen molar-refractivity contribution in [2.24, 2.45) is 5.73 Å². The van der Waals surface area contributed by atoms with Gasteiger partial charge in [-0.2, -0.15) is 5.26 Å². The van der Waals surface area contributed by atoms with Crippen LogP contribution in [0.15, 0.2) is 18.2 Å². The van der Waals surface area contributed by atoms with Crippen LogP contribution < -0.4 is 10.6 Å². The number of piperidine rings is 1. The fourth-order valence-corrected chi connectivity index (χ4v) is 2.31. The Hall–Kier alpha value is -2.09. The molecule has 0 aromatic heterocycles. The lowest BCUT2D eigenvalue weighted by molar-refractivity contribution is -0.119. The van der Waals surface area contributed by atoms with Crippen LogP contribution in [0.3, 0.4) is 0 Å². The zero-order valence-electron chi connectivity index (χ0n) is 9.90. The molecule has 1 amide bonds. The van der Waals surface area contributed by atoms with Crippen molar-refractivity contribution in [1.82, 2.24) is 0 Å². The summed E-state index contributed by atoms with van der Waals surface area (Å²) in [6.07, 6.45) is 2.59. The van der Waals surface area contributed by atoms with Crippen molar-refractivity contribution in [3.05, 3.63) is 29.6 Å². The maximum Gasteiger partial charge on any atom is 0.240 e. The lowest BCUT2D eigenvalue weighted by atomic mass is 10.0. The second-order valence-corrected chi connectivity index (χ2v) is 4.38. The molecule has 0 spiro atoms. The van der Waals surface area contributed by atoms with Crippen LogP contribution in [0.4, 0.5) is 10.1 Å². The second-order valence-electron chi connectivity index (χ2n) is 4.38. The highest BCUT2D eigenvalue weighted by Crippen LogP contribution is 2.26. The molecule has 1 aromatic carbocycles. The average molecular weight is 247 g/mol. The molecule has 1 aliphatic heterocycles. The number of nitriles is 1. The molecule has 1 saturated heterocycles. The number of benzene rings is 1. The number of carbonyl (C=O) groups is 1. The summed E-state index contributed by atoms with van der Waals surface area (Å²) in [5.41, 5.74) is 5.97. The summed E-state index contributed by atoms with van der Waals surface area (Å²) in [7, 11) is 0. The topological polar surface area (TPSA) is 70.1 Å². The first-order chi connectivity index (χ1) is 8.63. The van der Waals surface area contributed by atoms with Crippen molar-refractivity contribution in [1.29, 1.82) is 5.26 Å². The van der Waals surface area contributed by atoms with Crippen LogP contribution in [-0.2, 0) is 4.79 Å². The number of primary amides is 1. The third-order valence-corrected chi connectivity index (χ3v) is 3.24. The maximum atomic E-state index is 13.6. The van der Waals surface area contributed by atoms with Crippen LogP contribution in [0.1, 0.15) is 24.8 Å². The number of hydrogen-bond donors (Lipinski definition) is 1. The third-order valence-electron chi connectivity index (χ3n) is 3.24. The minimum absolute atomic E-state index is 0.00591. The fourth-order valence-electron chi connectivity index (χ4n) is 2.31. The first kappa shape index (κ1) is 12.4. The van der Waals surface area contributed by atoms with Gasteiger partial charge in [0, 0.05) is 12.2 Å². The molecule has 5 heteroatoms. The lowest BCUT2D eigenvalue weighted by Gasteiger charge is -2.35. The molecule has 0 aliphatic carbocycles. The van der Waals surface area contributed by atoms with Gasteiger partial charge in [-0.1, -0.05) is 0 Å². The van der Waals surface area contributed by atoms with E-state index in [1.807, 2.05) is 4.90 Å². The van der Waals surface area contributed by atoms with Gasteiger partial charge in [-0.05, 0) is 37.5 Å². The van der Waals surface area contributed by atoms with Crippen molar-refractivity contribution in [2.75, 3.05) is 11.4 Å². The Kier molecular flexibility index (Phi) is 3.47. The molecule has 94 valence electrons. The van der Waals surface area contributed by atoms with Crippen LogP contribution >= 0.6 is 0 Å². The van der Waals surface area contributed by atoms with Crippen LogP contribution in [0.2, 0.25) is 0 Å². The first-order valence-corrected chi connectivity index (χ1v) is 5.89. The molecule has 2 N–H and O–H groups in total. The normalized spacial score (nSPS) is 19.3. The Morgan fingerprint density at radius 2 is 2.28 bits per heavy atom. The number of carbonyl (C=O) groups excluding carboxylic acids is 1. The van der Waals surface area contributed by atoms with Crippen LogP contribution in [0.5, 0.6) is 0 Å². The molecule has 1 aliphatic rings. The van der Waals surface area contributed by atoms with E-state index < -0.39 is 5.82 Å². The standard InChI is InChI=1S/C13H14FN3O/c14-11-7-10(5-4-9(11)8-15)17-6-2-1-3-12(17)13(16)18/h4-5,7,12H,1-3,6H2,(H2,16,18). The van der Waals surface area contributed by atoms with Crippen LogP contribution in [-0.4, -0.2) is 18.5 Å². The van der Waals surface area contributed by atoms with E-state index in [4.69, 9.17) is 11.0 Å². The Morgan fingerprint density at radius 1 is 1.50 bits per heavy atom. The van der Waals surface area contributed by atoms with Gasteiger partial charge in [0.1, 0.15) is 17.9 Å². The molecule has 1 fully saturated rings. The summed E-state index contributed by atoms with van der Waals surface area (Å²) in [6, 6.07) is 5.77. The van der Waals surface area contributed by atoms with Crippen LogP contribution in [0.25, 0.3) is 0 Å². The van der Waals surface area contributed by atoms with Gasteiger partial charge in [-0.15, -0.1) is 0 Å². The smallest absolute Gasteiger partial charge is 0.240 e. The van der Waals surface area contributed by atoms with Crippen molar-refractivity contribution in [3.63, 3.8) is 0 Å². The number of amides is 1. The lowest BCUT2D eigenvalue weighted by Crippen LogP contribution is -2.47. The van der Waals surface area contributed by atoms with Crippen molar-refractivity contribution >= 4 is 11.6 Å². The second kappa shape index (κ2) is 5.05. The first-order valence-electron chi connectivity index (χ1n) is 5.89. The van der Waals surface area contributed by atoms with Crippen LogP contribution in [0, 0.1) is 17.1 Å². The largest absolute Gasteiger partial charge is 0.368 e. The van der Waals surface area contributed by atoms with E-state index in [1.54, 1.807) is 12.1 Å². The van der Waals surface area contributed by atoms with Gasteiger partial charge in [0.05, 0.1) is 5.56 Å². The summed E-state index contributed by atoms with van der Waals surface area (Å²) >= 11 is 0. The fraction of sp³-hybridized carbons (Fsp3) is 0.385. The number of halogens is 1. The van der Waals surface area contributed by atoms with Gasteiger partial charge < -0.3 is 10.6 Å². The molecule has 0 saturated carbocycles. The Morgan fingerprint density at radius 3 is 2.89 bits per heavy atom. The quantitative estimate of drug-likeness (QED) is 0.861. The van der Waals surface area contributed by atoms with Crippen molar-refractivity contribution in [2.45, 2.75) is 25.3 Å². The van der Waals surface area contributed by atoms with E-state index in [2.05, 4.69) is 0 Å². The van der Waals surface area contributed by atoms with E-state index in [-0.39, 0.29) is 17.5 Å². The summed E-state index contributed by atoms with van der Waals surface area (Å²) < 4.78 is 13.6. The number of hydrogen-bond acceptors (Lipinski definition) is 3. The van der Waals surface area contributed by atoms with E-state index in [0.717, 1.165) is 12.8 Å². The predicted octanol–water partition coefficient (Wildman–Crippen LogP) is 1.54. The van der Waals surface area contributed by atoms with E-state index in [1.165, 1.54) is 12.1 Å². The monoisotopic (exact) mass is 247 g/mol. The van der Waals surface area contributed by atoms with Gasteiger partial charge in [0.15, 0.2) is 0 Å². The molecule has 0 bridgehead atoms. The Labute approximate surface area is 105 Å². The van der Waals surface area contributed by atoms with E-state index in [0.29, 0.717) is 18.7 Å². The Bertz CT molecular complexity index is 509. The van der Waals surface area contributed by atoms with Gasteiger partial charge >= 0.3 is 0 Å². The average Bonchev–Trinajstić information content (AvgIpc) is 2.38. The highest BCUT2D eigenvalue weighted by molar-refractivity contribution is 5.83.